The number of hydrogen-bond acceptors (Lipinski definition) is 2. The first-order chi connectivity index (χ1) is 9.73. The highest BCUT2D eigenvalue weighted by molar-refractivity contribution is 5.87. The third-order valence-electron chi connectivity index (χ3n) is 3.58. The normalized spacial score (nSPS) is 22.2. The summed E-state index contributed by atoms with van der Waals surface area (Å²) in [5.74, 6) is -7.20. The summed E-state index contributed by atoms with van der Waals surface area (Å²) in [6.45, 7) is 3.34. The van der Waals surface area contributed by atoms with Crippen LogP contribution in [0.25, 0.3) is 0 Å². The van der Waals surface area contributed by atoms with Crippen molar-refractivity contribution in [3.8, 4) is 0 Å². The van der Waals surface area contributed by atoms with Gasteiger partial charge in [-0.15, -0.1) is 0 Å². The molecular formula is C14H14F3NO3. The van der Waals surface area contributed by atoms with E-state index in [9.17, 15) is 27.9 Å². The maximum absolute atomic E-state index is 13.4. The van der Waals surface area contributed by atoms with E-state index in [0.29, 0.717) is 0 Å². The van der Waals surface area contributed by atoms with Gasteiger partial charge < -0.3 is 10.0 Å². The molecule has 0 saturated carbocycles. The van der Waals surface area contributed by atoms with Crippen LogP contribution < -0.4 is 0 Å². The monoisotopic (exact) mass is 301 g/mol. The van der Waals surface area contributed by atoms with E-state index in [0.717, 1.165) is 12.1 Å². The Bertz CT molecular complexity index is 580. The van der Waals surface area contributed by atoms with Crippen LogP contribution in [0.1, 0.15) is 31.9 Å². The summed E-state index contributed by atoms with van der Waals surface area (Å²) in [6.07, 6.45) is -0.251. The van der Waals surface area contributed by atoms with Crippen molar-refractivity contribution < 1.29 is 27.9 Å². The lowest BCUT2D eigenvalue weighted by atomic mass is 9.93. The molecule has 1 aliphatic heterocycles. The summed E-state index contributed by atoms with van der Waals surface area (Å²) in [5.41, 5.74) is -0.0571. The number of aliphatic carboxylic acids is 1. The van der Waals surface area contributed by atoms with Crippen molar-refractivity contribution in [1.29, 1.82) is 0 Å². The number of carbonyl (C=O) groups is 2. The van der Waals surface area contributed by atoms with Gasteiger partial charge in [0, 0.05) is 12.5 Å². The van der Waals surface area contributed by atoms with E-state index in [1.165, 1.54) is 4.90 Å². The van der Waals surface area contributed by atoms with Crippen LogP contribution in [0.5, 0.6) is 0 Å². The zero-order valence-corrected chi connectivity index (χ0v) is 11.4. The van der Waals surface area contributed by atoms with Gasteiger partial charge in [-0.25, -0.2) is 13.2 Å². The molecule has 1 saturated heterocycles. The van der Waals surface area contributed by atoms with E-state index in [4.69, 9.17) is 0 Å². The van der Waals surface area contributed by atoms with Gasteiger partial charge in [-0.3, -0.25) is 9.59 Å². The van der Waals surface area contributed by atoms with Crippen LogP contribution in [0.4, 0.5) is 13.2 Å². The summed E-state index contributed by atoms with van der Waals surface area (Å²) in [5, 5.41) is 9.22. The van der Waals surface area contributed by atoms with Gasteiger partial charge in [0.1, 0.15) is 0 Å². The van der Waals surface area contributed by atoms with E-state index in [2.05, 4.69) is 0 Å². The maximum atomic E-state index is 13.4. The van der Waals surface area contributed by atoms with Crippen molar-refractivity contribution in [2.24, 2.45) is 5.92 Å². The third kappa shape index (κ3) is 2.59. The second-order valence-electron chi connectivity index (χ2n) is 5.29. The largest absolute Gasteiger partial charge is 0.481 e. The van der Waals surface area contributed by atoms with Crippen LogP contribution in [0.3, 0.4) is 0 Å². The molecule has 2 unspecified atom stereocenters. The Kier molecular flexibility index (Phi) is 3.93. The second kappa shape index (κ2) is 5.38. The van der Waals surface area contributed by atoms with Gasteiger partial charge in [-0.2, -0.15) is 0 Å². The minimum Gasteiger partial charge on any atom is -0.481 e. The molecule has 1 aromatic rings. The van der Waals surface area contributed by atoms with Crippen LogP contribution in [0.2, 0.25) is 0 Å². The molecule has 114 valence electrons. The van der Waals surface area contributed by atoms with E-state index >= 15 is 0 Å². The van der Waals surface area contributed by atoms with Gasteiger partial charge in [0.25, 0.3) is 0 Å². The Balaban J connectivity index is 2.55. The minimum absolute atomic E-state index is 0.0571. The highest BCUT2D eigenvalue weighted by Crippen LogP contribution is 2.40. The number of likely N-dealkylation sites (tertiary alicyclic amines) is 1. The van der Waals surface area contributed by atoms with Crippen molar-refractivity contribution in [2.45, 2.75) is 32.4 Å². The van der Waals surface area contributed by atoms with Crippen molar-refractivity contribution in [2.75, 3.05) is 0 Å². The fourth-order valence-electron chi connectivity index (χ4n) is 2.72. The van der Waals surface area contributed by atoms with Gasteiger partial charge in [0.15, 0.2) is 17.5 Å². The molecule has 21 heavy (non-hydrogen) atoms. The molecule has 1 fully saturated rings. The first-order valence-electron chi connectivity index (χ1n) is 6.42. The van der Waals surface area contributed by atoms with Gasteiger partial charge in [0.05, 0.1) is 12.0 Å². The number of rotatable bonds is 3. The highest BCUT2D eigenvalue weighted by atomic mass is 19.2. The molecule has 0 bridgehead atoms. The smallest absolute Gasteiger partial charge is 0.309 e. The number of nitrogens with zero attached hydrogens (tertiary/aromatic N) is 1. The van der Waals surface area contributed by atoms with Crippen molar-refractivity contribution in [3.63, 3.8) is 0 Å². The SMILES string of the molecule is CC(C)N1C(=O)CC(C(=O)O)C1c1cc(F)c(F)c(F)c1. The first-order valence-corrected chi connectivity index (χ1v) is 6.42. The number of carboxylic acids is 1. The summed E-state index contributed by atoms with van der Waals surface area (Å²) in [7, 11) is 0. The van der Waals surface area contributed by atoms with Gasteiger partial charge in [0.2, 0.25) is 5.91 Å². The van der Waals surface area contributed by atoms with Crippen LogP contribution in [-0.2, 0) is 9.59 Å². The Hall–Kier alpha value is -2.05. The number of hydrogen-bond donors (Lipinski definition) is 1. The molecule has 1 amide bonds. The third-order valence-corrected chi connectivity index (χ3v) is 3.58. The van der Waals surface area contributed by atoms with Crippen molar-refractivity contribution >= 4 is 11.9 Å². The van der Waals surface area contributed by atoms with Crippen LogP contribution in [-0.4, -0.2) is 27.9 Å². The molecule has 7 heteroatoms. The fourth-order valence-corrected chi connectivity index (χ4v) is 2.72. The number of amides is 1. The average Bonchev–Trinajstić information content (AvgIpc) is 2.73. The molecule has 0 spiro atoms. The van der Waals surface area contributed by atoms with E-state index in [-0.39, 0.29) is 18.0 Å². The summed E-state index contributed by atoms with van der Waals surface area (Å²) >= 11 is 0. The molecular weight excluding hydrogens is 287 g/mol. The second-order valence-corrected chi connectivity index (χ2v) is 5.29. The maximum Gasteiger partial charge on any atom is 0.309 e. The van der Waals surface area contributed by atoms with Crippen LogP contribution in [0.15, 0.2) is 12.1 Å². The number of carbonyl (C=O) groups excluding carboxylic acids is 1. The molecule has 1 aromatic carbocycles. The fraction of sp³-hybridized carbons (Fsp3) is 0.429. The zero-order valence-electron chi connectivity index (χ0n) is 11.4. The summed E-state index contributed by atoms with van der Waals surface area (Å²) in [6, 6.07) is 0.127. The standard InChI is InChI=1S/C14H14F3NO3/c1-6(2)18-11(19)5-8(14(20)21)13(18)7-3-9(15)12(17)10(16)4-7/h3-4,6,8,13H,5H2,1-2H3,(H,20,21). The van der Waals surface area contributed by atoms with Gasteiger partial charge in [-0.05, 0) is 31.5 Å². The molecule has 1 heterocycles. The van der Waals surface area contributed by atoms with Crippen molar-refractivity contribution in [1.82, 2.24) is 4.90 Å². The molecule has 2 atom stereocenters. The molecule has 0 radical (unpaired) electrons. The zero-order chi connectivity index (χ0) is 15.9. The Morgan fingerprint density at radius 1 is 1.29 bits per heavy atom. The average molecular weight is 301 g/mol. The predicted octanol–water partition coefficient (Wildman–Crippen LogP) is 2.49. The molecule has 1 N–H and O–H groups in total. The molecule has 0 aliphatic carbocycles. The van der Waals surface area contributed by atoms with Crippen molar-refractivity contribution in [3.05, 3.63) is 35.1 Å². The lowest BCUT2D eigenvalue weighted by Gasteiger charge is -2.30. The summed E-state index contributed by atoms with van der Waals surface area (Å²) in [4.78, 5) is 24.5. The number of benzene rings is 1. The van der Waals surface area contributed by atoms with E-state index in [1.807, 2.05) is 0 Å². The first kappa shape index (κ1) is 15.3. The van der Waals surface area contributed by atoms with Crippen LogP contribution in [0, 0.1) is 23.4 Å². The molecule has 2 rings (SSSR count). The summed E-state index contributed by atoms with van der Waals surface area (Å²) < 4.78 is 39.8. The van der Waals surface area contributed by atoms with E-state index in [1.54, 1.807) is 13.8 Å². The van der Waals surface area contributed by atoms with E-state index < -0.39 is 41.3 Å². The Morgan fingerprint density at radius 2 is 1.81 bits per heavy atom. The lowest BCUT2D eigenvalue weighted by Crippen LogP contribution is -2.36. The van der Waals surface area contributed by atoms with Gasteiger partial charge in [-0.1, -0.05) is 0 Å². The number of halogens is 3. The van der Waals surface area contributed by atoms with Crippen LogP contribution >= 0.6 is 0 Å². The molecule has 4 nitrogen and oxygen atoms in total. The Morgan fingerprint density at radius 3 is 2.24 bits per heavy atom. The quantitative estimate of drug-likeness (QED) is 0.873. The highest BCUT2D eigenvalue weighted by Gasteiger charge is 2.46. The minimum atomic E-state index is -1.62. The number of carboxylic acid groups (broad SMARTS) is 1. The Labute approximate surface area is 119 Å². The lowest BCUT2D eigenvalue weighted by molar-refractivity contribution is -0.142. The molecule has 0 aromatic heterocycles. The molecule has 1 aliphatic rings. The van der Waals surface area contributed by atoms with Gasteiger partial charge >= 0.3 is 5.97 Å². The topological polar surface area (TPSA) is 57.6 Å². The predicted molar refractivity (Wildman–Crippen MR) is 66.8 cm³/mol.